The highest BCUT2D eigenvalue weighted by molar-refractivity contribution is 7.87. The van der Waals surface area contributed by atoms with Gasteiger partial charge < -0.3 is 32.8 Å². The van der Waals surface area contributed by atoms with Gasteiger partial charge in [0.2, 0.25) is 0 Å². The van der Waals surface area contributed by atoms with Crippen LogP contribution in [0.2, 0.25) is 0 Å². The van der Waals surface area contributed by atoms with Crippen molar-refractivity contribution in [2.45, 2.75) is 143 Å². The largest absolute Gasteiger partial charge is 0.743 e. The van der Waals surface area contributed by atoms with E-state index in [2.05, 4.69) is 30.2 Å². The molecule has 0 saturated carbocycles. The molecule has 0 aliphatic rings. The minimum Gasteiger partial charge on any atom is -0.743 e. The van der Waals surface area contributed by atoms with Crippen LogP contribution in [0.25, 0.3) is 32.3 Å². The van der Waals surface area contributed by atoms with E-state index in [1.165, 1.54) is 44.2 Å². The first-order valence-corrected chi connectivity index (χ1v) is 28.7. The van der Waals surface area contributed by atoms with Gasteiger partial charge in [-0.05, 0) is 141 Å². The Morgan fingerprint density at radius 3 is 1.46 bits per heavy atom. The zero-order valence-electron chi connectivity index (χ0n) is 47.7. The van der Waals surface area contributed by atoms with E-state index in [1.54, 1.807) is 39.0 Å². The Morgan fingerprint density at radius 2 is 0.964 bits per heavy atom. The van der Waals surface area contributed by atoms with Crippen LogP contribution in [-0.4, -0.2) is 90.8 Å². The SMILES string of the molecule is CCC(C)(C)C(=O)Oc1cc2ccccc2cc1C(=O)OC(C(F)(F)F)C(F)(F)S(=O)(=O)[O-].CCC(C)(C)C(=O)Oc1ccc2ccccc2c1C(=O)OC(C)C.CCC(C)(C)c1ccc2cc(C(=O)OC(C)C(F)(F)S(=O)(=O)[O-])ccc2c1. The molecule has 2 atom stereocenters. The number of fused-ring (bicyclic) bond motifs is 3. The summed E-state index contributed by atoms with van der Waals surface area (Å²) in [6.45, 7) is 20.8. The highest BCUT2D eigenvalue weighted by Crippen LogP contribution is 2.40. The number of halogens is 7. The summed E-state index contributed by atoms with van der Waals surface area (Å²) in [5.74, 6) is -5.30. The second kappa shape index (κ2) is 26.4. The Morgan fingerprint density at radius 1 is 0.500 bits per heavy atom. The standard InChI is InChI=1S/C20H19F5O7S.C20H24O4.C19H22F2O5S/c1-4-18(2,3)17(27)31-14-10-12-8-6-5-7-11(12)9-13(14)15(26)32-16(19(21,22)23)20(24,25)33(28,29)30;1-6-20(4,5)19(22)24-16-12-11-14-9-7-8-10-15(14)17(16)18(21)23-13(2)3;1-5-18(3,4)16-9-8-13-10-15(7-6-14(13)11-16)17(22)26-12(2)19(20,21)27(23,24)25/h5-10,16H,4H2,1-3H3,(H,28,29,30);7-13H,6H2,1-5H3;6-12H,5H2,1-4H3,(H,23,24,25)/p-2. The van der Waals surface area contributed by atoms with E-state index in [9.17, 15) is 80.6 Å². The molecule has 0 heterocycles. The second-order valence-corrected chi connectivity index (χ2v) is 24.4. The predicted octanol–water partition coefficient (Wildman–Crippen LogP) is 13.4. The monoisotopic (exact) mass is 1220 g/mol. The van der Waals surface area contributed by atoms with Crippen molar-refractivity contribution in [3.63, 3.8) is 0 Å². The van der Waals surface area contributed by atoms with Crippen molar-refractivity contribution in [2.24, 2.45) is 10.8 Å². The Balaban J connectivity index is 0.000000274. The van der Waals surface area contributed by atoms with E-state index in [1.807, 2.05) is 69.3 Å². The normalized spacial score (nSPS) is 13.4. The highest BCUT2D eigenvalue weighted by Gasteiger charge is 2.63. The van der Waals surface area contributed by atoms with Gasteiger partial charge in [-0.3, -0.25) is 9.59 Å². The quantitative estimate of drug-likeness (QED) is 0.0255. The van der Waals surface area contributed by atoms with Crippen molar-refractivity contribution in [1.29, 1.82) is 0 Å². The number of esters is 5. The summed E-state index contributed by atoms with van der Waals surface area (Å²) in [6, 6.07) is 29.3. The summed E-state index contributed by atoms with van der Waals surface area (Å²) in [7, 11) is -12.8. The molecule has 6 aromatic carbocycles. The summed E-state index contributed by atoms with van der Waals surface area (Å²) in [4.78, 5) is 62.0. The van der Waals surface area contributed by atoms with Gasteiger partial charge >= 0.3 is 46.5 Å². The summed E-state index contributed by atoms with van der Waals surface area (Å²) in [6.07, 6.45) is -11.5. The lowest BCUT2D eigenvalue weighted by atomic mass is 9.81. The third-order valence-corrected chi connectivity index (χ3v) is 15.7. The molecule has 0 aliphatic carbocycles. The van der Waals surface area contributed by atoms with Crippen molar-refractivity contribution in [3.8, 4) is 11.5 Å². The molecule has 84 heavy (non-hydrogen) atoms. The Kier molecular flexibility index (Phi) is 21.7. The molecule has 0 aromatic heterocycles. The van der Waals surface area contributed by atoms with Crippen LogP contribution in [0.4, 0.5) is 30.7 Å². The lowest BCUT2D eigenvalue weighted by Gasteiger charge is -2.30. The molecule has 458 valence electrons. The second-order valence-electron chi connectivity index (χ2n) is 21.5. The maximum atomic E-state index is 13.7. The topological polar surface area (TPSA) is 246 Å². The first-order chi connectivity index (χ1) is 38.5. The zero-order chi connectivity index (χ0) is 63.9. The van der Waals surface area contributed by atoms with Crippen molar-refractivity contribution < 1.29 is 104 Å². The molecule has 0 bridgehead atoms. The molecule has 0 saturated heterocycles. The number of carbonyl (C=O) groups excluding carboxylic acids is 5. The number of alkyl halides is 7. The van der Waals surface area contributed by atoms with Crippen LogP contribution in [0.3, 0.4) is 0 Å². The predicted molar refractivity (Wildman–Crippen MR) is 295 cm³/mol. The molecule has 0 aliphatic heterocycles. The fourth-order valence-corrected chi connectivity index (χ4v) is 8.07. The molecule has 2 unspecified atom stereocenters. The van der Waals surface area contributed by atoms with Crippen LogP contribution in [0.5, 0.6) is 11.5 Å². The molecule has 0 fully saturated rings. The molecule has 0 N–H and O–H groups in total. The minimum absolute atomic E-state index is 0.0172. The van der Waals surface area contributed by atoms with Crippen LogP contribution >= 0.6 is 0 Å². The number of hydrogen-bond acceptors (Lipinski definition) is 16. The van der Waals surface area contributed by atoms with Gasteiger partial charge in [0, 0.05) is 0 Å². The minimum atomic E-state index is -6.86. The van der Waals surface area contributed by atoms with Crippen LogP contribution in [0.15, 0.2) is 109 Å². The zero-order valence-corrected chi connectivity index (χ0v) is 49.4. The van der Waals surface area contributed by atoms with Crippen molar-refractivity contribution in [2.75, 3.05) is 0 Å². The number of rotatable bonds is 18. The average Bonchev–Trinajstić information content (AvgIpc) is 1.70. The number of carbonyl (C=O) groups is 5. The van der Waals surface area contributed by atoms with E-state index < -0.39 is 95.1 Å². The first kappa shape index (κ1) is 69.3. The van der Waals surface area contributed by atoms with Crippen LogP contribution in [0, 0.1) is 10.8 Å². The van der Waals surface area contributed by atoms with Gasteiger partial charge in [-0.2, -0.15) is 30.7 Å². The van der Waals surface area contributed by atoms with Gasteiger partial charge in [-0.1, -0.05) is 113 Å². The molecular weight excluding hydrogens is 1160 g/mol. The van der Waals surface area contributed by atoms with Gasteiger partial charge in [0.15, 0.2) is 26.3 Å². The van der Waals surface area contributed by atoms with E-state index >= 15 is 0 Å². The molecule has 6 aromatic rings. The van der Waals surface area contributed by atoms with Gasteiger partial charge in [-0.15, -0.1) is 0 Å². The maximum Gasteiger partial charge on any atom is 0.432 e. The summed E-state index contributed by atoms with van der Waals surface area (Å²) < 4.78 is 182. The third kappa shape index (κ3) is 16.6. The average molecular weight is 1230 g/mol. The van der Waals surface area contributed by atoms with E-state index in [0.717, 1.165) is 34.9 Å². The lowest BCUT2D eigenvalue weighted by molar-refractivity contribution is -0.248. The van der Waals surface area contributed by atoms with E-state index in [-0.39, 0.29) is 40.6 Å². The fraction of sp³-hybridized carbons (Fsp3) is 0.407. The number of benzene rings is 6. The molecule has 0 radical (unpaired) electrons. The van der Waals surface area contributed by atoms with Crippen LogP contribution in [0.1, 0.15) is 139 Å². The number of ether oxygens (including phenoxy) is 5. The van der Waals surface area contributed by atoms with Crippen LogP contribution < -0.4 is 9.47 Å². The summed E-state index contributed by atoms with van der Waals surface area (Å²) in [5.41, 5.74) is -1.17. The highest BCUT2D eigenvalue weighted by atomic mass is 32.2. The van der Waals surface area contributed by atoms with Crippen molar-refractivity contribution in [3.05, 3.63) is 131 Å². The Hall–Kier alpha value is -7.22. The third-order valence-electron chi connectivity index (χ3n) is 13.8. The summed E-state index contributed by atoms with van der Waals surface area (Å²) in [5, 5.41) is -6.93. The van der Waals surface area contributed by atoms with Gasteiger partial charge in [0.05, 0.1) is 22.5 Å². The molecule has 25 heteroatoms. The van der Waals surface area contributed by atoms with E-state index in [0.29, 0.717) is 35.1 Å². The Bertz CT molecular complexity index is 3650. The molecule has 6 rings (SSSR count). The smallest absolute Gasteiger partial charge is 0.432 e. The van der Waals surface area contributed by atoms with Crippen molar-refractivity contribution in [1.82, 2.24) is 0 Å². The number of hydrogen-bond donors (Lipinski definition) is 0. The lowest BCUT2D eigenvalue weighted by Crippen LogP contribution is -2.52. The molecular formula is C59H63F7O16S2-2. The van der Waals surface area contributed by atoms with Gasteiger partial charge in [-0.25, -0.2) is 31.2 Å². The first-order valence-electron chi connectivity index (χ1n) is 25.9. The maximum absolute atomic E-state index is 13.7. The Labute approximate surface area is 481 Å². The molecule has 0 amide bonds. The fourth-order valence-electron chi connectivity index (χ4n) is 7.17. The van der Waals surface area contributed by atoms with Gasteiger partial charge in [0.1, 0.15) is 22.6 Å². The van der Waals surface area contributed by atoms with Gasteiger partial charge in [0.25, 0.3) is 6.10 Å². The summed E-state index contributed by atoms with van der Waals surface area (Å²) >= 11 is 0. The van der Waals surface area contributed by atoms with Crippen LogP contribution in [-0.2, 0) is 49.5 Å². The van der Waals surface area contributed by atoms with Crippen molar-refractivity contribution >= 4 is 82.4 Å². The molecule has 16 nitrogen and oxygen atoms in total. The molecule has 0 spiro atoms. The van der Waals surface area contributed by atoms with E-state index in [4.69, 9.17) is 14.2 Å².